The molecule has 0 saturated heterocycles. The molecule has 1 aromatic carbocycles. The van der Waals surface area contributed by atoms with Crippen molar-refractivity contribution in [2.24, 2.45) is 7.05 Å². The zero-order chi connectivity index (χ0) is 11.5. The summed E-state index contributed by atoms with van der Waals surface area (Å²) in [6.07, 6.45) is 1.93. The molecular formula is C13H17N3. The summed E-state index contributed by atoms with van der Waals surface area (Å²) in [7, 11) is 3.94. The van der Waals surface area contributed by atoms with E-state index in [-0.39, 0.29) is 0 Å². The van der Waals surface area contributed by atoms with E-state index in [0.717, 1.165) is 6.54 Å². The summed E-state index contributed by atoms with van der Waals surface area (Å²) in [6, 6.07) is 8.41. The Morgan fingerprint density at radius 1 is 1.31 bits per heavy atom. The van der Waals surface area contributed by atoms with E-state index in [2.05, 4.69) is 41.6 Å². The van der Waals surface area contributed by atoms with Crippen LogP contribution in [0.4, 0.5) is 0 Å². The summed E-state index contributed by atoms with van der Waals surface area (Å²) < 4.78 is 1.94. The third-order valence-electron chi connectivity index (χ3n) is 2.78. The fourth-order valence-electron chi connectivity index (χ4n) is 1.99. The molecule has 0 amide bonds. The SMILES string of the molecule is CNCc1cnn(C)c1-c1ccccc1C. The van der Waals surface area contributed by atoms with Crippen LogP contribution < -0.4 is 5.32 Å². The molecule has 0 atom stereocenters. The highest BCUT2D eigenvalue weighted by Crippen LogP contribution is 2.25. The zero-order valence-corrected chi connectivity index (χ0v) is 9.99. The van der Waals surface area contributed by atoms with Crippen molar-refractivity contribution >= 4 is 0 Å². The maximum absolute atomic E-state index is 4.33. The Hall–Kier alpha value is -1.61. The average Bonchev–Trinajstić information content (AvgIpc) is 2.62. The first-order valence-corrected chi connectivity index (χ1v) is 5.45. The van der Waals surface area contributed by atoms with E-state index in [9.17, 15) is 0 Å². The predicted molar refractivity (Wildman–Crippen MR) is 66.1 cm³/mol. The van der Waals surface area contributed by atoms with Gasteiger partial charge in [0.25, 0.3) is 0 Å². The molecule has 0 bridgehead atoms. The summed E-state index contributed by atoms with van der Waals surface area (Å²) in [5.41, 5.74) is 4.97. The molecule has 0 unspecified atom stereocenters. The summed E-state index contributed by atoms with van der Waals surface area (Å²) in [6.45, 7) is 2.98. The van der Waals surface area contributed by atoms with Crippen molar-refractivity contribution in [2.75, 3.05) is 7.05 Å². The van der Waals surface area contributed by atoms with E-state index in [1.807, 2.05) is 25.0 Å². The smallest absolute Gasteiger partial charge is 0.0726 e. The van der Waals surface area contributed by atoms with E-state index >= 15 is 0 Å². The molecule has 84 valence electrons. The predicted octanol–water partition coefficient (Wildman–Crippen LogP) is 2.11. The molecule has 0 aliphatic carbocycles. The van der Waals surface area contributed by atoms with E-state index in [4.69, 9.17) is 0 Å². The number of aryl methyl sites for hydroxylation is 2. The Labute approximate surface area is 96.1 Å². The van der Waals surface area contributed by atoms with Crippen molar-refractivity contribution < 1.29 is 0 Å². The molecule has 1 N–H and O–H groups in total. The lowest BCUT2D eigenvalue weighted by molar-refractivity contribution is 0.772. The monoisotopic (exact) mass is 215 g/mol. The number of aromatic nitrogens is 2. The molecule has 2 aromatic rings. The maximum Gasteiger partial charge on any atom is 0.0726 e. The number of benzene rings is 1. The minimum absolute atomic E-state index is 0.845. The molecule has 2 rings (SSSR count). The lowest BCUT2D eigenvalue weighted by Crippen LogP contribution is -2.06. The quantitative estimate of drug-likeness (QED) is 0.850. The molecule has 0 aliphatic heterocycles. The molecule has 0 spiro atoms. The second-order valence-electron chi connectivity index (χ2n) is 3.99. The Morgan fingerprint density at radius 2 is 2.06 bits per heavy atom. The summed E-state index contributed by atoms with van der Waals surface area (Å²) in [5.74, 6) is 0. The third-order valence-corrected chi connectivity index (χ3v) is 2.78. The van der Waals surface area contributed by atoms with E-state index < -0.39 is 0 Å². The first kappa shape index (κ1) is 10.9. The van der Waals surface area contributed by atoms with Crippen molar-refractivity contribution in [2.45, 2.75) is 13.5 Å². The molecule has 0 fully saturated rings. The highest BCUT2D eigenvalue weighted by atomic mass is 15.3. The summed E-state index contributed by atoms with van der Waals surface area (Å²) in [5, 5.41) is 7.50. The lowest BCUT2D eigenvalue weighted by Gasteiger charge is -2.09. The summed E-state index contributed by atoms with van der Waals surface area (Å²) in [4.78, 5) is 0. The van der Waals surface area contributed by atoms with Crippen LogP contribution in [-0.4, -0.2) is 16.8 Å². The zero-order valence-electron chi connectivity index (χ0n) is 9.99. The van der Waals surface area contributed by atoms with Crippen LogP contribution in [0.25, 0.3) is 11.3 Å². The molecule has 3 nitrogen and oxygen atoms in total. The van der Waals surface area contributed by atoms with Crippen molar-refractivity contribution in [3.8, 4) is 11.3 Å². The van der Waals surface area contributed by atoms with Gasteiger partial charge in [-0.15, -0.1) is 0 Å². The normalized spacial score (nSPS) is 10.7. The molecule has 0 aliphatic rings. The van der Waals surface area contributed by atoms with E-state index in [1.54, 1.807) is 0 Å². The van der Waals surface area contributed by atoms with Crippen LogP contribution in [-0.2, 0) is 13.6 Å². The second kappa shape index (κ2) is 4.49. The van der Waals surface area contributed by atoms with Gasteiger partial charge in [0.2, 0.25) is 0 Å². The van der Waals surface area contributed by atoms with Gasteiger partial charge >= 0.3 is 0 Å². The Kier molecular flexibility index (Phi) is 3.06. The van der Waals surface area contributed by atoms with Gasteiger partial charge < -0.3 is 5.32 Å². The average molecular weight is 215 g/mol. The van der Waals surface area contributed by atoms with Crippen LogP contribution >= 0.6 is 0 Å². The second-order valence-corrected chi connectivity index (χ2v) is 3.99. The van der Waals surface area contributed by atoms with Crippen molar-refractivity contribution in [1.82, 2.24) is 15.1 Å². The van der Waals surface area contributed by atoms with Crippen LogP contribution in [0.2, 0.25) is 0 Å². The molecule has 0 saturated carbocycles. The van der Waals surface area contributed by atoms with Crippen LogP contribution in [0.3, 0.4) is 0 Å². The Balaban J connectivity index is 2.54. The summed E-state index contributed by atoms with van der Waals surface area (Å²) >= 11 is 0. The molecule has 0 radical (unpaired) electrons. The molecule has 16 heavy (non-hydrogen) atoms. The van der Waals surface area contributed by atoms with Gasteiger partial charge in [0.05, 0.1) is 11.9 Å². The number of hydrogen-bond acceptors (Lipinski definition) is 2. The van der Waals surface area contributed by atoms with E-state index in [0.29, 0.717) is 0 Å². The molecule has 1 aromatic heterocycles. The van der Waals surface area contributed by atoms with Gasteiger partial charge in [0, 0.05) is 24.7 Å². The number of nitrogens with one attached hydrogen (secondary N) is 1. The van der Waals surface area contributed by atoms with Crippen LogP contribution in [0.15, 0.2) is 30.5 Å². The van der Waals surface area contributed by atoms with Gasteiger partial charge in [-0.25, -0.2) is 0 Å². The number of hydrogen-bond donors (Lipinski definition) is 1. The first-order chi connectivity index (χ1) is 7.74. The topological polar surface area (TPSA) is 29.9 Å². The molecular weight excluding hydrogens is 198 g/mol. The fraction of sp³-hybridized carbons (Fsp3) is 0.308. The van der Waals surface area contributed by atoms with Crippen molar-refractivity contribution in [3.05, 3.63) is 41.6 Å². The molecule has 3 heteroatoms. The number of rotatable bonds is 3. The van der Waals surface area contributed by atoms with Gasteiger partial charge in [-0.3, -0.25) is 4.68 Å². The third kappa shape index (κ3) is 1.86. The maximum atomic E-state index is 4.33. The Bertz CT molecular complexity index is 486. The standard InChI is InChI=1S/C13H17N3/c1-10-6-4-5-7-12(10)13-11(8-14-2)9-15-16(13)3/h4-7,9,14H,8H2,1-3H3. The highest BCUT2D eigenvalue weighted by Gasteiger charge is 2.11. The van der Waals surface area contributed by atoms with Gasteiger partial charge in [-0.2, -0.15) is 5.10 Å². The van der Waals surface area contributed by atoms with Gasteiger partial charge in [-0.1, -0.05) is 24.3 Å². The van der Waals surface area contributed by atoms with Crippen molar-refractivity contribution in [3.63, 3.8) is 0 Å². The van der Waals surface area contributed by atoms with Crippen molar-refractivity contribution in [1.29, 1.82) is 0 Å². The van der Waals surface area contributed by atoms with Gasteiger partial charge in [0.1, 0.15) is 0 Å². The number of nitrogens with zero attached hydrogens (tertiary/aromatic N) is 2. The van der Waals surface area contributed by atoms with Crippen LogP contribution in [0.5, 0.6) is 0 Å². The fourth-order valence-corrected chi connectivity index (χ4v) is 1.99. The first-order valence-electron chi connectivity index (χ1n) is 5.45. The minimum Gasteiger partial charge on any atom is -0.316 e. The van der Waals surface area contributed by atoms with Crippen LogP contribution in [0.1, 0.15) is 11.1 Å². The van der Waals surface area contributed by atoms with Gasteiger partial charge in [0.15, 0.2) is 0 Å². The van der Waals surface area contributed by atoms with Crippen LogP contribution in [0, 0.1) is 6.92 Å². The highest BCUT2D eigenvalue weighted by molar-refractivity contribution is 5.66. The molecule has 1 heterocycles. The van der Waals surface area contributed by atoms with E-state index in [1.165, 1.54) is 22.4 Å². The minimum atomic E-state index is 0.845. The largest absolute Gasteiger partial charge is 0.316 e. The lowest BCUT2D eigenvalue weighted by atomic mass is 10.0. The van der Waals surface area contributed by atoms with Gasteiger partial charge in [-0.05, 0) is 19.5 Å². The Morgan fingerprint density at radius 3 is 2.75 bits per heavy atom.